The molecular formula is C13H27N5. The van der Waals surface area contributed by atoms with Gasteiger partial charge in [0.05, 0.1) is 6.54 Å². The van der Waals surface area contributed by atoms with Crippen molar-refractivity contribution >= 4 is 0 Å². The number of aromatic nitrogens is 3. The normalized spacial score (nSPS) is 13.5. The van der Waals surface area contributed by atoms with E-state index in [-0.39, 0.29) is 0 Å². The van der Waals surface area contributed by atoms with Gasteiger partial charge in [-0.15, -0.1) is 0 Å². The topological polar surface area (TPSA) is 46.0 Å². The van der Waals surface area contributed by atoms with Crippen LogP contribution in [-0.4, -0.2) is 46.3 Å². The first kappa shape index (κ1) is 15.1. The SMILES string of the molecule is CC(C)Cn1ncnc1CNC(C)CCN(C)C. The van der Waals surface area contributed by atoms with Gasteiger partial charge in [-0.05, 0) is 39.9 Å². The quantitative estimate of drug-likeness (QED) is 0.760. The molecule has 0 radical (unpaired) electrons. The van der Waals surface area contributed by atoms with E-state index in [1.54, 1.807) is 6.33 Å². The predicted molar refractivity (Wildman–Crippen MR) is 74.3 cm³/mol. The van der Waals surface area contributed by atoms with Gasteiger partial charge < -0.3 is 10.2 Å². The van der Waals surface area contributed by atoms with Crippen molar-refractivity contribution in [3.05, 3.63) is 12.2 Å². The van der Waals surface area contributed by atoms with Crippen molar-refractivity contribution in [3.63, 3.8) is 0 Å². The Morgan fingerprint density at radius 1 is 1.33 bits per heavy atom. The lowest BCUT2D eigenvalue weighted by atomic mass is 10.2. The third-order valence-electron chi connectivity index (χ3n) is 2.85. The van der Waals surface area contributed by atoms with Gasteiger partial charge in [0.2, 0.25) is 0 Å². The minimum absolute atomic E-state index is 0.497. The zero-order valence-electron chi connectivity index (χ0n) is 12.3. The van der Waals surface area contributed by atoms with Crippen LogP contribution in [0.2, 0.25) is 0 Å². The van der Waals surface area contributed by atoms with Crippen LogP contribution in [0.5, 0.6) is 0 Å². The van der Waals surface area contributed by atoms with Crippen molar-refractivity contribution in [2.24, 2.45) is 5.92 Å². The first-order chi connectivity index (χ1) is 8.49. The standard InChI is InChI=1S/C13H27N5/c1-11(2)9-18-13(15-10-16-18)8-14-12(3)6-7-17(4)5/h10-12,14H,6-9H2,1-5H3. The fraction of sp³-hybridized carbons (Fsp3) is 0.846. The molecule has 1 N–H and O–H groups in total. The van der Waals surface area contributed by atoms with Crippen molar-refractivity contribution in [1.82, 2.24) is 25.0 Å². The van der Waals surface area contributed by atoms with Crippen LogP contribution in [0.25, 0.3) is 0 Å². The van der Waals surface area contributed by atoms with E-state index in [0.29, 0.717) is 12.0 Å². The Kier molecular flexibility index (Phi) is 6.29. The van der Waals surface area contributed by atoms with E-state index in [9.17, 15) is 0 Å². The van der Waals surface area contributed by atoms with E-state index in [2.05, 4.69) is 55.2 Å². The summed E-state index contributed by atoms with van der Waals surface area (Å²) in [6, 6.07) is 0.497. The molecule has 0 fully saturated rings. The summed E-state index contributed by atoms with van der Waals surface area (Å²) in [6.07, 6.45) is 2.79. The molecule has 0 aliphatic heterocycles. The molecule has 1 unspecified atom stereocenters. The van der Waals surface area contributed by atoms with E-state index < -0.39 is 0 Å². The second-order valence-corrected chi connectivity index (χ2v) is 5.63. The van der Waals surface area contributed by atoms with Gasteiger partial charge in [0.15, 0.2) is 0 Å². The van der Waals surface area contributed by atoms with Gasteiger partial charge >= 0.3 is 0 Å². The third kappa shape index (κ3) is 5.60. The summed E-state index contributed by atoms with van der Waals surface area (Å²) in [5.74, 6) is 1.62. The second-order valence-electron chi connectivity index (χ2n) is 5.63. The van der Waals surface area contributed by atoms with Gasteiger partial charge in [-0.25, -0.2) is 9.67 Å². The summed E-state index contributed by atoms with van der Waals surface area (Å²) in [6.45, 7) is 9.43. The van der Waals surface area contributed by atoms with Gasteiger partial charge in [-0.1, -0.05) is 13.8 Å². The summed E-state index contributed by atoms with van der Waals surface area (Å²) in [7, 11) is 4.21. The minimum atomic E-state index is 0.497. The molecule has 1 aromatic rings. The fourth-order valence-electron chi connectivity index (χ4n) is 1.74. The van der Waals surface area contributed by atoms with Crippen LogP contribution in [-0.2, 0) is 13.1 Å². The lowest BCUT2D eigenvalue weighted by Crippen LogP contribution is -2.30. The van der Waals surface area contributed by atoms with Crippen LogP contribution >= 0.6 is 0 Å². The molecule has 0 bridgehead atoms. The Hall–Kier alpha value is -0.940. The zero-order valence-corrected chi connectivity index (χ0v) is 12.3. The highest BCUT2D eigenvalue weighted by Gasteiger charge is 2.08. The maximum atomic E-state index is 4.32. The Labute approximate surface area is 111 Å². The fourth-order valence-corrected chi connectivity index (χ4v) is 1.74. The molecule has 1 heterocycles. The van der Waals surface area contributed by atoms with Crippen molar-refractivity contribution < 1.29 is 0 Å². The van der Waals surface area contributed by atoms with Gasteiger partial charge in [0.25, 0.3) is 0 Å². The largest absolute Gasteiger partial charge is 0.309 e. The Bertz CT molecular complexity index is 332. The second kappa shape index (κ2) is 7.48. The monoisotopic (exact) mass is 253 g/mol. The Morgan fingerprint density at radius 3 is 2.67 bits per heavy atom. The van der Waals surface area contributed by atoms with Crippen molar-refractivity contribution in [2.75, 3.05) is 20.6 Å². The highest BCUT2D eigenvalue weighted by molar-refractivity contribution is 4.85. The van der Waals surface area contributed by atoms with Crippen molar-refractivity contribution in [3.8, 4) is 0 Å². The van der Waals surface area contributed by atoms with E-state index in [1.807, 2.05) is 4.68 Å². The van der Waals surface area contributed by atoms with Crippen LogP contribution in [0.1, 0.15) is 33.0 Å². The Morgan fingerprint density at radius 2 is 2.06 bits per heavy atom. The molecule has 0 saturated heterocycles. The maximum absolute atomic E-state index is 4.32. The number of hydrogen-bond donors (Lipinski definition) is 1. The first-order valence-electron chi connectivity index (χ1n) is 6.73. The third-order valence-corrected chi connectivity index (χ3v) is 2.85. The molecule has 1 aromatic heterocycles. The van der Waals surface area contributed by atoms with Crippen LogP contribution in [0, 0.1) is 5.92 Å². The van der Waals surface area contributed by atoms with E-state index in [4.69, 9.17) is 0 Å². The minimum Gasteiger partial charge on any atom is -0.309 e. The zero-order chi connectivity index (χ0) is 13.5. The molecule has 5 nitrogen and oxygen atoms in total. The molecule has 0 amide bonds. The number of nitrogens with one attached hydrogen (secondary N) is 1. The average molecular weight is 253 g/mol. The summed E-state index contributed by atoms with van der Waals surface area (Å²) in [5.41, 5.74) is 0. The van der Waals surface area contributed by atoms with E-state index in [1.165, 1.54) is 0 Å². The Balaban J connectivity index is 2.36. The van der Waals surface area contributed by atoms with E-state index >= 15 is 0 Å². The molecule has 0 aliphatic rings. The van der Waals surface area contributed by atoms with Crippen LogP contribution in [0.3, 0.4) is 0 Å². The highest BCUT2D eigenvalue weighted by Crippen LogP contribution is 2.02. The van der Waals surface area contributed by atoms with Gasteiger partial charge in [-0.2, -0.15) is 5.10 Å². The molecular weight excluding hydrogens is 226 g/mol. The molecule has 1 atom stereocenters. The summed E-state index contributed by atoms with van der Waals surface area (Å²) >= 11 is 0. The van der Waals surface area contributed by atoms with Crippen LogP contribution < -0.4 is 5.32 Å². The molecule has 0 aromatic carbocycles. The molecule has 5 heteroatoms. The summed E-state index contributed by atoms with van der Waals surface area (Å²) in [4.78, 5) is 6.52. The van der Waals surface area contributed by atoms with Gasteiger partial charge in [0, 0.05) is 12.6 Å². The van der Waals surface area contributed by atoms with Crippen LogP contribution in [0.4, 0.5) is 0 Å². The van der Waals surface area contributed by atoms with Crippen molar-refractivity contribution in [1.29, 1.82) is 0 Å². The molecule has 0 spiro atoms. The average Bonchev–Trinajstić information content (AvgIpc) is 2.70. The number of rotatable bonds is 8. The number of hydrogen-bond acceptors (Lipinski definition) is 4. The summed E-state index contributed by atoms with van der Waals surface area (Å²) in [5, 5.41) is 7.77. The van der Waals surface area contributed by atoms with Crippen molar-refractivity contribution in [2.45, 2.75) is 46.3 Å². The van der Waals surface area contributed by atoms with Gasteiger partial charge in [-0.3, -0.25) is 0 Å². The van der Waals surface area contributed by atoms with E-state index in [0.717, 1.165) is 31.9 Å². The summed E-state index contributed by atoms with van der Waals surface area (Å²) < 4.78 is 2.00. The van der Waals surface area contributed by atoms with Gasteiger partial charge in [0.1, 0.15) is 12.2 Å². The lowest BCUT2D eigenvalue weighted by molar-refractivity contribution is 0.361. The maximum Gasteiger partial charge on any atom is 0.140 e. The predicted octanol–water partition coefficient (Wildman–Crippen LogP) is 1.36. The molecule has 104 valence electrons. The molecule has 0 saturated carbocycles. The highest BCUT2D eigenvalue weighted by atomic mass is 15.3. The molecule has 1 rings (SSSR count). The molecule has 18 heavy (non-hydrogen) atoms. The molecule has 0 aliphatic carbocycles. The first-order valence-corrected chi connectivity index (χ1v) is 6.73. The number of nitrogens with zero attached hydrogens (tertiary/aromatic N) is 4. The van der Waals surface area contributed by atoms with Crippen LogP contribution in [0.15, 0.2) is 6.33 Å². The smallest absolute Gasteiger partial charge is 0.140 e. The lowest BCUT2D eigenvalue weighted by Gasteiger charge is -2.17.